The Hall–Kier alpha value is -1.62. The number of aromatic nitrogens is 4. The zero-order valence-corrected chi connectivity index (χ0v) is 17.6. The summed E-state index contributed by atoms with van der Waals surface area (Å²) in [6, 6.07) is 10.1. The molecule has 4 nitrogen and oxygen atoms in total. The Morgan fingerprint density at radius 1 is 0.720 bits per heavy atom. The van der Waals surface area contributed by atoms with Gasteiger partial charge in [-0.05, 0) is 13.0 Å². The molecule has 0 amide bonds. The Morgan fingerprint density at radius 2 is 1.28 bits per heavy atom. The number of hydrogen-bond donors (Lipinski definition) is 0. The number of imidazole rings is 1. The molecule has 0 radical (unpaired) electrons. The zero-order valence-electron chi connectivity index (χ0n) is 15.4. The van der Waals surface area contributed by atoms with Crippen LogP contribution >= 0.6 is 0 Å². The molecule has 3 aromatic heterocycles. The summed E-state index contributed by atoms with van der Waals surface area (Å²) in [5.41, 5.74) is 1.30. The van der Waals surface area contributed by atoms with Gasteiger partial charge in [-0.3, -0.25) is 0 Å². The number of pyridine rings is 2. The summed E-state index contributed by atoms with van der Waals surface area (Å²) < 4.78 is 8.04. The number of aryl methyl sites for hydroxylation is 5. The predicted octanol–water partition coefficient (Wildman–Crippen LogP) is -7.81. The van der Waals surface area contributed by atoms with Crippen LogP contribution in [0.1, 0.15) is 5.56 Å². The molecule has 3 rings (SSSR count). The van der Waals surface area contributed by atoms with E-state index in [9.17, 15) is 0 Å². The van der Waals surface area contributed by atoms with Crippen molar-refractivity contribution in [1.82, 2.24) is 4.57 Å². The highest BCUT2D eigenvalue weighted by molar-refractivity contribution is 5.00. The molecular formula is C18H27Cl3N4. The average molecular weight is 406 g/mol. The third-order valence-electron chi connectivity index (χ3n) is 2.85. The van der Waals surface area contributed by atoms with Gasteiger partial charge in [0.1, 0.15) is 26.5 Å². The maximum Gasteiger partial charge on any atom is 0.243 e. The van der Waals surface area contributed by atoms with E-state index >= 15 is 0 Å². The molecule has 0 aliphatic rings. The Bertz CT molecular complexity index is 639. The summed E-state index contributed by atoms with van der Waals surface area (Å²) in [4.78, 5) is 0. The summed E-state index contributed by atoms with van der Waals surface area (Å²) in [6.45, 7) is 2.08. The van der Waals surface area contributed by atoms with Gasteiger partial charge in [0.25, 0.3) is 0 Å². The first-order valence-electron chi connectivity index (χ1n) is 7.27. The summed E-state index contributed by atoms with van der Waals surface area (Å²) in [5, 5.41) is 0. The van der Waals surface area contributed by atoms with Crippen LogP contribution in [-0.2, 0) is 28.2 Å². The van der Waals surface area contributed by atoms with E-state index in [1.165, 1.54) is 5.56 Å². The van der Waals surface area contributed by atoms with Crippen LogP contribution in [0.5, 0.6) is 0 Å². The van der Waals surface area contributed by atoms with Gasteiger partial charge in [0, 0.05) is 23.8 Å². The van der Waals surface area contributed by atoms with Crippen LogP contribution < -0.4 is 50.9 Å². The summed E-state index contributed by atoms with van der Waals surface area (Å²) >= 11 is 0. The van der Waals surface area contributed by atoms with Crippen LogP contribution in [0.2, 0.25) is 0 Å². The SMILES string of the molecule is C[n+]1ccccc1.Cc1ccc[n+](C)c1.Cn1cc[n+](C)c1.[Cl-].[Cl-].[Cl-]. The van der Waals surface area contributed by atoms with Crippen molar-refractivity contribution in [2.45, 2.75) is 6.92 Å². The van der Waals surface area contributed by atoms with E-state index < -0.39 is 0 Å². The molecule has 140 valence electrons. The van der Waals surface area contributed by atoms with E-state index in [0.717, 1.165) is 0 Å². The fourth-order valence-corrected chi connectivity index (χ4v) is 1.80. The lowest BCUT2D eigenvalue weighted by molar-refractivity contribution is -0.671. The minimum Gasteiger partial charge on any atom is -1.00 e. The zero-order chi connectivity index (χ0) is 16.4. The number of halogens is 3. The van der Waals surface area contributed by atoms with Gasteiger partial charge in [-0.25, -0.2) is 18.3 Å². The van der Waals surface area contributed by atoms with E-state index in [1.54, 1.807) is 0 Å². The third kappa shape index (κ3) is 14.4. The molecule has 0 aliphatic heterocycles. The molecule has 7 heteroatoms. The van der Waals surface area contributed by atoms with Crippen LogP contribution in [0.15, 0.2) is 73.8 Å². The molecule has 0 unspecified atom stereocenters. The van der Waals surface area contributed by atoms with Gasteiger partial charge in [0.2, 0.25) is 6.33 Å². The van der Waals surface area contributed by atoms with Gasteiger partial charge in [-0.1, -0.05) is 6.07 Å². The lowest BCUT2D eigenvalue weighted by atomic mass is 10.3. The summed E-state index contributed by atoms with van der Waals surface area (Å²) in [6.07, 6.45) is 14.1. The largest absolute Gasteiger partial charge is 1.00 e. The molecule has 25 heavy (non-hydrogen) atoms. The Labute approximate surface area is 170 Å². The van der Waals surface area contributed by atoms with Gasteiger partial charge in [0.05, 0.1) is 14.1 Å². The van der Waals surface area contributed by atoms with Gasteiger partial charge in [-0.15, -0.1) is 0 Å². The van der Waals surface area contributed by atoms with E-state index in [2.05, 4.69) is 19.2 Å². The maximum absolute atomic E-state index is 2.08. The third-order valence-corrected chi connectivity index (χ3v) is 2.85. The Morgan fingerprint density at radius 3 is 1.52 bits per heavy atom. The molecular weight excluding hydrogens is 379 g/mol. The average Bonchev–Trinajstić information content (AvgIpc) is 2.84. The first kappa shape index (κ1) is 28.2. The van der Waals surface area contributed by atoms with E-state index in [1.807, 2.05) is 108 Å². The van der Waals surface area contributed by atoms with Crippen molar-refractivity contribution in [3.8, 4) is 0 Å². The van der Waals surface area contributed by atoms with Crippen molar-refractivity contribution < 1.29 is 50.9 Å². The fraction of sp³-hybridized carbons (Fsp3) is 0.278. The topological polar surface area (TPSA) is 16.6 Å². The smallest absolute Gasteiger partial charge is 0.243 e. The minimum atomic E-state index is 0. The molecule has 0 bridgehead atoms. The first-order chi connectivity index (χ1) is 10.5. The Balaban J connectivity index is -0.000000275. The molecule has 0 fully saturated rings. The standard InChI is InChI=1S/C7H10N.C6H8N.C5H9N2.3ClH/c1-7-4-3-5-8(2)6-7;1-7-5-3-2-4-6-7;1-6-3-4-7(2)5-6;;;/h3-6H,1-2H3;2-6H,1H3;3-5H,1-2H3;3*1H/q3*+1;;;/p-3. The quantitative estimate of drug-likeness (QED) is 0.331. The van der Waals surface area contributed by atoms with Gasteiger partial charge in [0.15, 0.2) is 24.8 Å². The van der Waals surface area contributed by atoms with Crippen LogP contribution in [0, 0.1) is 6.92 Å². The second kappa shape index (κ2) is 15.9. The fourth-order valence-electron chi connectivity index (χ4n) is 1.80. The number of hydrogen-bond acceptors (Lipinski definition) is 0. The van der Waals surface area contributed by atoms with Gasteiger partial charge >= 0.3 is 0 Å². The minimum absolute atomic E-state index is 0. The van der Waals surface area contributed by atoms with Crippen LogP contribution in [-0.4, -0.2) is 4.57 Å². The maximum atomic E-state index is 2.08. The molecule has 3 heterocycles. The molecule has 3 aromatic rings. The number of nitrogens with zero attached hydrogens (tertiary/aromatic N) is 4. The lowest BCUT2D eigenvalue weighted by Gasteiger charge is -1.85. The van der Waals surface area contributed by atoms with E-state index in [4.69, 9.17) is 0 Å². The van der Waals surface area contributed by atoms with Crippen molar-refractivity contribution in [1.29, 1.82) is 0 Å². The first-order valence-corrected chi connectivity index (χ1v) is 7.27. The van der Waals surface area contributed by atoms with Gasteiger partial charge < -0.3 is 37.2 Å². The van der Waals surface area contributed by atoms with Crippen molar-refractivity contribution in [3.05, 3.63) is 79.4 Å². The Kier molecular flexibility index (Phi) is 17.9. The summed E-state index contributed by atoms with van der Waals surface area (Å²) in [5.74, 6) is 0. The van der Waals surface area contributed by atoms with E-state index in [-0.39, 0.29) is 37.2 Å². The monoisotopic (exact) mass is 404 g/mol. The summed E-state index contributed by atoms with van der Waals surface area (Å²) in [7, 11) is 8.02. The second-order valence-electron chi connectivity index (χ2n) is 5.33. The van der Waals surface area contributed by atoms with Crippen molar-refractivity contribution in [2.75, 3.05) is 0 Å². The van der Waals surface area contributed by atoms with Crippen molar-refractivity contribution in [2.24, 2.45) is 28.2 Å². The molecule has 0 spiro atoms. The van der Waals surface area contributed by atoms with Crippen LogP contribution in [0.4, 0.5) is 0 Å². The predicted molar refractivity (Wildman–Crippen MR) is 86.6 cm³/mol. The van der Waals surface area contributed by atoms with Crippen LogP contribution in [0.25, 0.3) is 0 Å². The molecule has 0 atom stereocenters. The highest BCUT2D eigenvalue weighted by Crippen LogP contribution is 1.86. The van der Waals surface area contributed by atoms with E-state index in [0.29, 0.717) is 0 Å². The molecule has 0 saturated heterocycles. The van der Waals surface area contributed by atoms with Crippen LogP contribution in [0.3, 0.4) is 0 Å². The van der Waals surface area contributed by atoms with Crippen molar-refractivity contribution >= 4 is 0 Å². The normalized spacial score (nSPS) is 8.04. The molecule has 0 N–H and O–H groups in total. The van der Waals surface area contributed by atoms with Crippen molar-refractivity contribution in [3.63, 3.8) is 0 Å². The van der Waals surface area contributed by atoms with Gasteiger partial charge in [-0.2, -0.15) is 0 Å². The molecule has 0 aliphatic carbocycles. The number of rotatable bonds is 0. The second-order valence-corrected chi connectivity index (χ2v) is 5.33. The molecule has 0 saturated carbocycles. The highest BCUT2D eigenvalue weighted by atomic mass is 35.5. The molecule has 0 aromatic carbocycles. The highest BCUT2D eigenvalue weighted by Gasteiger charge is 1.88. The lowest BCUT2D eigenvalue weighted by Crippen LogP contribution is -3.00.